The highest BCUT2D eigenvalue weighted by molar-refractivity contribution is 5.94. The molecule has 7 heteroatoms. The lowest BCUT2D eigenvalue weighted by atomic mass is 10.2. The summed E-state index contributed by atoms with van der Waals surface area (Å²) in [5.74, 6) is -1.83. The SMILES string of the molecule is NC(=O)CCCCNC(=O)c1ccc(C(=O)O)nc1. The van der Waals surface area contributed by atoms with E-state index < -0.39 is 5.97 Å². The van der Waals surface area contributed by atoms with Crippen molar-refractivity contribution in [2.24, 2.45) is 5.73 Å². The van der Waals surface area contributed by atoms with E-state index in [9.17, 15) is 14.4 Å². The number of nitrogens with two attached hydrogens (primary N) is 1. The minimum absolute atomic E-state index is 0.113. The zero-order chi connectivity index (χ0) is 14.3. The van der Waals surface area contributed by atoms with Gasteiger partial charge in [-0.2, -0.15) is 0 Å². The molecule has 0 saturated carbocycles. The molecule has 0 bridgehead atoms. The van der Waals surface area contributed by atoms with Crippen LogP contribution in [0.3, 0.4) is 0 Å². The van der Waals surface area contributed by atoms with Crippen molar-refractivity contribution in [3.8, 4) is 0 Å². The van der Waals surface area contributed by atoms with E-state index >= 15 is 0 Å². The standard InChI is InChI=1S/C12H15N3O4/c13-10(16)3-1-2-6-14-11(17)8-4-5-9(12(18)19)15-7-8/h4-5,7H,1-3,6H2,(H2,13,16)(H,14,17)(H,18,19). The van der Waals surface area contributed by atoms with Gasteiger partial charge in [-0.05, 0) is 25.0 Å². The summed E-state index contributed by atoms with van der Waals surface area (Å²) in [6.07, 6.45) is 2.77. The van der Waals surface area contributed by atoms with Crippen molar-refractivity contribution >= 4 is 17.8 Å². The molecule has 1 heterocycles. The van der Waals surface area contributed by atoms with Crippen molar-refractivity contribution in [2.45, 2.75) is 19.3 Å². The predicted octanol–water partition coefficient (Wildman–Crippen LogP) is 0.165. The highest BCUT2D eigenvalue weighted by Gasteiger charge is 2.08. The van der Waals surface area contributed by atoms with Gasteiger partial charge in [0.25, 0.3) is 5.91 Å². The summed E-state index contributed by atoms with van der Waals surface area (Å²) in [5, 5.41) is 11.3. The van der Waals surface area contributed by atoms with E-state index in [0.29, 0.717) is 31.4 Å². The molecule has 0 aliphatic heterocycles. The van der Waals surface area contributed by atoms with Crippen LogP contribution in [0.2, 0.25) is 0 Å². The monoisotopic (exact) mass is 265 g/mol. The van der Waals surface area contributed by atoms with Crippen LogP contribution in [0.15, 0.2) is 18.3 Å². The number of pyridine rings is 1. The third-order valence-electron chi connectivity index (χ3n) is 2.38. The van der Waals surface area contributed by atoms with Crippen LogP contribution >= 0.6 is 0 Å². The number of hydrogen-bond donors (Lipinski definition) is 3. The van der Waals surface area contributed by atoms with Crippen LogP contribution in [0, 0.1) is 0 Å². The van der Waals surface area contributed by atoms with Gasteiger partial charge in [0.2, 0.25) is 5.91 Å². The minimum atomic E-state index is -1.14. The van der Waals surface area contributed by atoms with Gasteiger partial charge in [-0.15, -0.1) is 0 Å². The number of nitrogens with one attached hydrogen (secondary N) is 1. The maximum Gasteiger partial charge on any atom is 0.354 e. The average molecular weight is 265 g/mol. The summed E-state index contributed by atoms with van der Waals surface area (Å²) in [5.41, 5.74) is 5.16. The van der Waals surface area contributed by atoms with Gasteiger partial charge >= 0.3 is 5.97 Å². The largest absolute Gasteiger partial charge is 0.477 e. The Hall–Kier alpha value is -2.44. The molecule has 0 unspecified atom stereocenters. The second kappa shape index (κ2) is 7.10. The Labute approximate surface area is 109 Å². The van der Waals surface area contributed by atoms with E-state index in [1.165, 1.54) is 18.3 Å². The molecule has 1 aromatic heterocycles. The first kappa shape index (κ1) is 14.6. The second-order valence-corrected chi connectivity index (χ2v) is 3.92. The van der Waals surface area contributed by atoms with Crippen LogP contribution < -0.4 is 11.1 Å². The number of carboxylic acid groups (broad SMARTS) is 1. The molecule has 19 heavy (non-hydrogen) atoms. The lowest BCUT2D eigenvalue weighted by Gasteiger charge is -2.04. The number of rotatable bonds is 7. The molecule has 7 nitrogen and oxygen atoms in total. The first-order valence-electron chi connectivity index (χ1n) is 5.76. The van der Waals surface area contributed by atoms with Crippen LogP contribution in [0.25, 0.3) is 0 Å². The Kier molecular flexibility index (Phi) is 5.46. The van der Waals surface area contributed by atoms with E-state index in [2.05, 4.69) is 10.3 Å². The van der Waals surface area contributed by atoms with Crippen LogP contribution in [-0.4, -0.2) is 34.4 Å². The molecule has 4 N–H and O–H groups in total. The number of carboxylic acids is 1. The summed E-state index contributed by atoms with van der Waals surface area (Å²) in [4.78, 5) is 36.3. The smallest absolute Gasteiger partial charge is 0.354 e. The molecule has 1 aromatic rings. The second-order valence-electron chi connectivity index (χ2n) is 3.92. The zero-order valence-corrected chi connectivity index (χ0v) is 10.3. The van der Waals surface area contributed by atoms with Crippen molar-refractivity contribution in [3.63, 3.8) is 0 Å². The first-order chi connectivity index (χ1) is 9.00. The van der Waals surface area contributed by atoms with Gasteiger partial charge in [0.15, 0.2) is 0 Å². The molecular weight excluding hydrogens is 250 g/mol. The van der Waals surface area contributed by atoms with Gasteiger partial charge < -0.3 is 16.2 Å². The number of amides is 2. The summed E-state index contributed by atoms with van der Waals surface area (Å²) in [6, 6.07) is 2.67. The predicted molar refractivity (Wildman–Crippen MR) is 66.6 cm³/mol. The summed E-state index contributed by atoms with van der Waals surface area (Å²) in [6.45, 7) is 0.423. The summed E-state index contributed by atoms with van der Waals surface area (Å²) >= 11 is 0. The van der Waals surface area contributed by atoms with Crippen LogP contribution in [0.1, 0.15) is 40.1 Å². The van der Waals surface area contributed by atoms with Crippen molar-refractivity contribution in [1.29, 1.82) is 0 Å². The van der Waals surface area contributed by atoms with Crippen molar-refractivity contribution in [2.75, 3.05) is 6.54 Å². The molecule has 102 valence electrons. The minimum Gasteiger partial charge on any atom is -0.477 e. The highest BCUT2D eigenvalue weighted by Crippen LogP contribution is 2.01. The van der Waals surface area contributed by atoms with Gasteiger partial charge in [0, 0.05) is 19.2 Å². The van der Waals surface area contributed by atoms with Crippen molar-refractivity contribution < 1.29 is 19.5 Å². The lowest BCUT2D eigenvalue weighted by Crippen LogP contribution is -2.25. The lowest BCUT2D eigenvalue weighted by molar-refractivity contribution is -0.118. The Bertz CT molecular complexity index is 470. The average Bonchev–Trinajstić information content (AvgIpc) is 2.37. The quantitative estimate of drug-likeness (QED) is 0.606. The highest BCUT2D eigenvalue weighted by atomic mass is 16.4. The Morgan fingerprint density at radius 1 is 1.26 bits per heavy atom. The normalized spacial score (nSPS) is 9.89. The molecule has 0 saturated heterocycles. The van der Waals surface area contributed by atoms with E-state index in [4.69, 9.17) is 10.8 Å². The van der Waals surface area contributed by atoms with Crippen LogP contribution in [0.5, 0.6) is 0 Å². The van der Waals surface area contributed by atoms with Crippen molar-refractivity contribution in [1.82, 2.24) is 10.3 Å². The van der Waals surface area contributed by atoms with Gasteiger partial charge in [0.05, 0.1) is 5.56 Å². The first-order valence-corrected chi connectivity index (χ1v) is 5.76. The fraction of sp³-hybridized carbons (Fsp3) is 0.333. The number of aromatic carboxylic acids is 1. The number of nitrogens with zero attached hydrogens (tertiary/aromatic N) is 1. The number of primary amides is 1. The van der Waals surface area contributed by atoms with Crippen LogP contribution in [-0.2, 0) is 4.79 Å². The van der Waals surface area contributed by atoms with Crippen LogP contribution in [0.4, 0.5) is 0 Å². The molecular formula is C12H15N3O4. The topological polar surface area (TPSA) is 122 Å². The number of unbranched alkanes of at least 4 members (excludes halogenated alkanes) is 1. The fourth-order valence-electron chi connectivity index (χ4n) is 1.38. The number of carbonyl (C=O) groups is 3. The third-order valence-corrected chi connectivity index (χ3v) is 2.38. The molecule has 0 spiro atoms. The Balaban J connectivity index is 2.37. The molecule has 0 aliphatic carbocycles. The van der Waals surface area contributed by atoms with Gasteiger partial charge in [0.1, 0.15) is 5.69 Å². The maximum atomic E-state index is 11.6. The van der Waals surface area contributed by atoms with E-state index in [1.807, 2.05) is 0 Å². The molecule has 0 aliphatic rings. The maximum absolute atomic E-state index is 11.6. The van der Waals surface area contributed by atoms with Crippen molar-refractivity contribution in [3.05, 3.63) is 29.6 Å². The zero-order valence-electron chi connectivity index (χ0n) is 10.3. The fourth-order valence-corrected chi connectivity index (χ4v) is 1.38. The van der Waals surface area contributed by atoms with Gasteiger partial charge in [-0.25, -0.2) is 9.78 Å². The number of hydrogen-bond acceptors (Lipinski definition) is 4. The third kappa shape index (κ3) is 5.15. The van der Waals surface area contributed by atoms with E-state index in [-0.39, 0.29) is 17.5 Å². The summed E-state index contributed by atoms with van der Waals surface area (Å²) < 4.78 is 0. The Morgan fingerprint density at radius 3 is 2.53 bits per heavy atom. The van der Waals surface area contributed by atoms with E-state index in [1.54, 1.807) is 0 Å². The molecule has 2 amide bonds. The molecule has 0 radical (unpaired) electrons. The van der Waals surface area contributed by atoms with E-state index in [0.717, 1.165) is 0 Å². The van der Waals surface area contributed by atoms with Gasteiger partial charge in [-0.1, -0.05) is 0 Å². The molecule has 0 fully saturated rings. The molecule has 0 aromatic carbocycles. The number of carbonyl (C=O) groups excluding carboxylic acids is 2. The Morgan fingerprint density at radius 2 is 2.00 bits per heavy atom. The molecule has 1 rings (SSSR count). The summed E-state index contributed by atoms with van der Waals surface area (Å²) in [7, 11) is 0. The number of aromatic nitrogens is 1. The molecule has 0 atom stereocenters. The van der Waals surface area contributed by atoms with Gasteiger partial charge in [-0.3, -0.25) is 9.59 Å².